The molecule has 3 atom stereocenters. The van der Waals surface area contributed by atoms with Crippen LogP contribution in [0.4, 0.5) is 0 Å². The predicted octanol–water partition coefficient (Wildman–Crippen LogP) is 4.53. The minimum Gasteiger partial charge on any atom is -0.467 e. The van der Waals surface area contributed by atoms with Crippen molar-refractivity contribution in [3.63, 3.8) is 0 Å². The van der Waals surface area contributed by atoms with Gasteiger partial charge in [-0.2, -0.15) is 0 Å². The Morgan fingerprint density at radius 3 is 1.86 bits per heavy atom. The molecule has 0 fully saturated rings. The number of carbonyl (C=O) groups excluding carboxylic acids is 1. The molecule has 150 valence electrons. The molecule has 3 aromatic rings. The summed E-state index contributed by atoms with van der Waals surface area (Å²) in [6.45, 7) is 2.67. The molecule has 1 N–H and O–H groups in total. The number of hydrogen-bond donors (Lipinski definition) is 1. The van der Waals surface area contributed by atoms with Crippen molar-refractivity contribution in [1.29, 1.82) is 0 Å². The van der Waals surface area contributed by atoms with Crippen LogP contribution < -0.4 is 0 Å². The maximum absolute atomic E-state index is 12.3. The first-order chi connectivity index (χ1) is 14.1. The molecule has 0 aliphatic rings. The van der Waals surface area contributed by atoms with E-state index in [9.17, 15) is 9.90 Å². The maximum atomic E-state index is 12.3. The summed E-state index contributed by atoms with van der Waals surface area (Å²) >= 11 is 0. The van der Waals surface area contributed by atoms with E-state index in [1.165, 1.54) is 7.11 Å². The molecule has 0 heterocycles. The van der Waals surface area contributed by atoms with Gasteiger partial charge in [0.15, 0.2) is 6.10 Å². The quantitative estimate of drug-likeness (QED) is 0.575. The lowest BCUT2D eigenvalue weighted by Crippen LogP contribution is -2.42. The number of ether oxygens (including phenoxy) is 1. The first-order valence-corrected chi connectivity index (χ1v) is 9.77. The van der Waals surface area contributed by atoms with Crippen molar-refractivity contribution < 1.29 is 14.6 Å². The molecule has 3 aromatic carbocycles. The van der Waals surface area contributed by atoms with Crippen LogP contribution in [0.2, 0.25) is 0 Å². The molecule has 4 nitrogen and oxygen atoms in total. The molecule has 0 saturated heterocycles. The number of methoxy groups -OCH3 is 1. The molecule has 0 aromatic heterocycles. The van der Waals surface area contributed by atoms with Crippen LogP contribution in [0.5, 0.6) is 0 Å². The van der Waals surface area contributed by atoms with Crippen LogP contribution in [0.15, 0.2) is 91.0 Å². The number of esters is 1. The van der Waals surface area contributed by atoms with Gasteiger partial charge in [-0.3, -0.25) is 4.90 Å². The van der Waals surface area contributed by atoms with Crippen LogP contribution in [-0.2, 0) is 16.1 Å². The van der Waals surface area contributed by atoms with E-state index in [2.05, 4.69) is 36.1 Å². The number of carbonyl (C=O) groups is 1. The first kappa shape index (κ1) is 20.8. The second-order valence-electron chi connectivity index (χ2n) is 7.07. The standard InChI is InChI=1S/C25H27NO3/c1-19(21-14-8-4-9-15-21)26(18-20-12-6-3-7-13-20)23(24(27)25(28)29-2)22-16-10-5-11-17-22/h3-17,19,23-24,27H,18H2,1-2H3/t19-,23-,24+/m1/s1. The van der Waals surface area contributed by atoms with Gasteiger partial charge in [-0.1, -0.05) is 91.0 Å². The molecule has 0 spiro atoms. The predicted molar refractivity (Wildman–Crippen MR) is 114 cm³/mol. The topological polar surface area (TPSA) is 49.8 Å². The van der Waals surface area contributed by atoms with Crippen molar-refractivity contribution in [3.8, 4) is 0 Å². The molecule has 0 bridgehead atoms. The van der Waals surface area contributed by atoms with Gasteiger partial charge < -0.3 is 9.84 Å². The fourth-order valence-corrected chi connectivity index (χ4v) is 3.65. The van der Waals surface area contributed by atoms with E-state index in [0.717, 1.165) is 16.7 Å². The Kier molecular flexibility index (Phi) is 7.17. The number of benzene rings is 3. The van der Waals surface area contributed by atoms with Gasteiger partial charge in [0.2, 0.25) is 0 Å². The van der Waals surface area contributed by atoms with E-state index in [0.29, 0.717) is 6.54 Å². The van der Waals surface area contributed by atoms with Gasteiger partial charge in [0.05, 0.1) is 13.2 Å². The SMILES string of the molecule is COC(=O)[C@@H](O)[C@@H](c1ccccc1)N(Cc1ccccc1)[C@H](C)c1ccccc1. The summed E-state index contributed by atoms with van der Waals surface area (Å²) in [5.41, 5.74) is 3.08. The molecule has 0 radical (unpaired) electrons. The van der Waals surface area contributed by atoms with E-state index < -0.39 is 18.1 Å². The number of rotatable bonds is 8. The third kappa shape index (κ3) is 5.11. The van der Waals surface area contributed by atoms with E-state index in [1.807, 2.05) is 66.7 Å². The summed E-state index contributed by atoms with van der Waals surface area (Å²) < 4.78 is 4.88. The summed E-state index contributed by atoms with van der Waals surface area (Å²) in [7, 11) is 1.30. The highest BCUT2D eigenvalue weighted by atomic mass is 16.5. The van der Waals surface area contributed by atoms with Gasteiger partial charge in [-0.25, -0.2) is 4.79 Å². The van der Waals surface area contributed by atoms with E-state index in [-0.39, 0.29) is 6.04 Å². The van der Waals surface area contributed by atoms with Crippen molar-refractivity contribution in [2.45, 2.75) is 31.7 Å². The van der Waals surface area contributed by atoms with E-state index >= 15 is 0 Å². The molecule has 4 heteroatoms. The summed E-state index contributed by atoms with van der Waals surface area (Å²) in [4.78, 5) is 14.5. The van der Waals surface area contributed by atoms with Gasteiger partial charge in [-0.05, 0) is 23.6 Å². The maximum Gasteiger partial charge on any atom is 0.336 e. The highest BCUT2D eigenvalue weighted by Gasteiger charge is 2.36. The Hall–Kier alpha value is -2.95. The molecular formula is C25H27NO3. The normalized spacial score (nSPS) is 14.2. The summed E-state index contributed by atoms with van der Waals surface area (Å²) in [6.07, 6.45) is -1.31. The lowest BCUT2D eigenvalue weighted by atomic mass is 9.95. The third-order valence-electron chi connectivity index (χ3n) is 5.23. The molecule has 3 rings (SSSR count). The van der Waals surface area contributed by atoms with Crippen molar-refractivity contribution in [1.82, 2.24) is 4.90 Å². The molecule has 0 amide bonds. The highest BCUT2D eigenvalue weighted by molar-refractivity contribution is 5.75. The van der Waals surface area contributed by atoms with Gasteiger partial charge in [0, 0.05) is 12.6 Å². The van der Waals surface area contributed by atoms with Crippen molar-refractivity contribution in [2.75, 3.05) is 7.11 Å². The lowest BCUT2D eigenvalue weighted by Gasteiger charge is -2.38. The molecule has 0 saturated carbocycles. The van der Waals surface area contributed by atoms with Crippen LogP contribution in [0.25, 0.3) is 0 Å². The molecule has 0 aliphatic carbocycles. The Morgan fingerprint density at radius 1 is 0.862 bits per heavy atom. The van der Waals surface area contributed by atoms with Crippen LogP contribution in [-0.4, -0.2) is 29.2 Å². The second kappa shape index (κ2) is 10.0. The Bertz CT molecular complexity index is 884. The zero-order valence-electron chi connectivity index (χ0n) is 16.8. The summed E-state index contributed by atoms with van der Waals surface area (Å²) in [6, 6.07) is 29.2. The van der Waals surface area contributed by atoms with Crippen LogP contribution >= 0.6 is 0 Å². The fraction of sp³-hybridized carbons (Fsp3) is 0.240. The zero-order chi connectivity index (χ0) is 20.6. The zero-order valence-corrected chi connectivity index (χ0v) is 16.8. The monoisotopic (exact) mass is 389 g/mol. The van der Waals surface area contributed by atoms with Gasteiger partial charge in [0.1, 0.15) is 0 Å². The molecule has 0 unspecified atom stereocenters. The summed E-state index contributed by atoms with van der Waals surface area (Å²) in [5.74, 6) is -0.642. The largest absolute Gasteiger partial charge is 0.467 e. The lowest BCUT2D eigenvalue weighted by molar-refractivity contribution is -0.155. The van der Waals surface area contributed by atoms with Gasteiger partial charge >= 0.3 is 5.97 Å². The van der Waals surface area contributed by atoms with Crippen LogP contribution in [0.3, 0.4) is 0 Å². The number of aliphatic hydroxyl groups is 1. The second-order valence-corrected chi connectivity index (χ2v) is 7.07. The average Bonchev–Trinajstić information content (AvgIpc) is 2.79. The molecule has 29 heavy (non-hydrogen) atoms. The van der Waals surface area contributed by atoms with Crippen LogP contribution in [0.1, 0.15) is 35.7 Å². The van der Waals surface area contributed by atoms with Gasteiger partial charge in [0.25, 0.3) is 0 Å². The number of nitrogens with zero attached hydrogens (tertiary/aromatic N) is 1. The minimum absolute atomic E-state index is 0.0408. The average molecular weight is 389 g/mol. The van der Waals surface area contributed by atoms with E-state index in [4.69, 9.17) is 4.74 Å². The van der Waals surface area contributed by atoms with Gasteiger partial charge in [-0.15, -0.1) is 0 Å². The minimum atomic E-state index is -1.31. The third-order valence-corrected chi connectivity index (χ3v) is 5.23. The first-order valence-electron chi connectivity index (χ1n) is 9.77. The number of hydrogen-bond acceptors (Lipinski definition) is 4. The van der Waals surface area contributed by atoms with E-state index in [1.54, 1.807) is 0 Å². The number of aliphatic hydroxyl groups excluding tert-OH is 1. The van der Waals surface area contributed by atoms with Crippen LogP contribution in [0, 0.1) is 0 Å². The Morgan fingerprint density at radius 2 is 1.34 bits per heavy atom. The van der Waals surface area contributed by atoms with Crippen molar-refractivity contribution >= 4 is 5.97 Å². The molecule has 0 aliphatic heterocycles. The fourth-order valence-electron chi connectivity index (χ4n) is 3.65. The smallest absolute Gasteiger partial charge is 0.336 e. The summed E-state index contributed by atoms with van der Waals surface area (Å²) in [5, 5.41) is 11.0. The van der Waals surface area contributed by atoms with Crippen molar-refractivity contribution in [3.05, 3.63) is 108 Å². The Balaban J connectivity index is 2.07. The van der Waals surface area contributed by atoms with Crippen molar-refractivity contribution in [2.24, 2.45) is 0 Å². The Labute approximate surface area is 172 Å². The molecular weight excluding hydrogens is 362 g/mol. The highest BCUT2D eigenvalue weighted by Crippen LogP contribution is 2.35.